The van der Waals surface area contributed by atoms with Crippen LogP contribution in [0.2, 0.25) is 0 Å². The average molecular weight is 493 g/mol. The molecule has 2 aromatic heterocycles. The lowest BCUT2D eigenvalue weighted by Gasteiger charge is -2.12. The predicted molar refractivity (Wildman–Crippen MR) is 123 cm³/mol. The number of nitrogens with one attached hydrogen (secondary N) is 2. The number of rotatable bonds is 9. The van der Waals surface area contributed by atoms with Crippen molar-refractivity contribution >= 4 is 29.9 Å². The lowest BCUT2D eigenvalue weighted by atomic mass is 10.2. The maximum Gasteiger partial charge on any atom is 0.190 e. The third-order valence-electron chi connectivity index (χ3n) is 4.28. The Bertz CT molecular complexity index is 812. The first-order chi connectivity index (χ1) is 13.3. The van der Waals surface area contributed by atoms with E-state index in [2.05, 4.69) is 54.5 Å². The first-order valence-electron chi connectivity index (χ1n) is 9.31. The summed E-state index contributed by atoms with van der Waals surface area (Å²) in [5.74, 6) is 1.89. The molecular formula is C20H28IN7. The molecule has 0 unspecified atom stereocenters. The fraction of sp³-hybridized carbons (Fsp3) is 0.350. The SMILES string of the molecule is CN=C(NCCCn1cccn1)NCCc1nccn1Cc1ccccc1.I. The van der Waals surface area contributed by atoms with Crippen molar-refractivity contribution in [3.05, 3.63) is 72.6 Å². The number of aryl methyl sites for hydroxylation is 1. The molecular weight excluding hydrogens is 465 g/mol. The number of guanidine groups is 1. The molecule has 2 heterocycles. The van der Waals surface area contributed by atoms with Gasteiger partial charge >= 0.3 is 0 Å². The van der Waals surface area contributed by atoms with Crippen LogP contribution in [-0.4, -0.2) is 45.4 Å². The van der Waals surface area contributed by atoms with Crippen LogP contribution < -0.4 is 10.6 Å². The van der Waals surface area contributed by atoms with Gasteiger partial charge in [0.15, 0.2) is 5.96 Å². The van der Waals surface area contributed by atoms with E-state index >= 15 is 0 Å². The minimum Gasteiger partial charge on any atom is -0.356 e. The van der Waals surface area contributed by atoms with Crippen molar-refractivity contribution in [3.8, 4) is 0 Å². The molecule has 0 spiro atoms. The molecule has 0 aliphatic rings. The van der Waals surface area contributed by atoms with Gasteiger partial charge in [0.25, 0.3) is 0 Å². The highest BCUT2D eigenvalue weighted by Crippen LogP contribution is 2.05. The Kier molecular flexibility index (Phi) is 9.53. The lowest BCUT2D eigenvalue weighted by Crippen LogP contribution is -2.39. The molecule has 150 valence electrons. The smallest absolute Gasteiger partial charge is 0.190 e. The van der Waals surface area contributed by atoms with Crippen molar-refractivity contribution in [3.63, 3.8) is 0 Å². The first-order valence-corrected chi connectivity index (χ1v) is 9.31. The van der Waals surface area contributed by atoms with Gasteiger partial charge in [-0.25, -0.2) is 4.98 Å². The van der Waals surface area contributed by atoms with Gasteiger partial charge in [-0.1, -0.05) is 30.3 Å². The summed E-state index contributed by atoms with van der Waals surface area (Å²) in [6.45, 7) is 3.37. The van der Waals surface area contributed by atoms with Gasteiger partial charge in [-0.05, 0) is 18.1 Å². The van der Waals surface area contributed by atoms with Crippen molar-refractivity contribution in [1.29, 1.82) is 0 Å². The van der Waals surface area contributed by atoms with Gasteiger partial charge in [-0.2, -0.15) is 5.10 Å². The van der Waals surface area contributed by atoms with E-state index in [1.165, 1.54) is 5.56 Å². The molecule has 0 atom stereocenters. The Morgan fingerprint density at radius 2 is 1.86 bits per heavy atom. The minimum absolute atomic E-state index is 0. The van der Waals surface area contributed by atoms with Crippen molar-refractivity contribution in [1.82, 2.24) is 30.0 Å². The van der Waals surface area contributed by atoms with Crippen LogP contribution in [0.25, 0.3) is 0 Å². The van der Waals surface area contributed by atoms with Crippen LogP contribution in [0, 0.1) is 0 Å². The molecule has 3 rings (SSSR count). The number of aromatic nitrogens is 4. The number of nitrogens with zero attached hydrogens (tertiary/aromatic N) is 5. The first kappa shape index (κ1) is 21.9. The molecule has 0 bridgehead atoms. The van der Waals surface area contributed by atoms with E-state index in [9.17, 15) is 0 Å². The van der Waals surface area contributed by atoms with E-state index < -0.39 is 0 Å². The van der Waals surface area contributed by atoms with Crippen LogP contribution in [0.1, 0.15) is 17.8 Å². The number of imidazole rings is 1. The highest BCUT2D eigenvalue weighted by molar-refractivity contribution is 14.0. The van der Waals surface area contributed by atoms with Crippen LogP contribution >= 0.6 is 24.0 Å². The lowest BCUT2D eigenvalue weighted by molar-refractivity contribution is 0.570. The summed E-state index contributed by atoms with van der Waals surface area (Å²) in [5.41, 5.74) is 1.28. The quantitative estimate of drug-likeness (QED) is 0.208. The van der Waals surface area contributed by atoms with Crippen LogP contribution in [0.3, 0.4) is 0 Å². The summed E-state index contributed by atoms with van der Waals surface area (Å²) in [7, 11) is 1.79. The van der Waals surface area contributed by atoms with E-state index in [1.807, 2.05) is 35.4 Å². The molecule has 3 aromatic rings. The summed E-state index contributed by atoms with van der Waals surface area (Å²) >= 11 is 0. The maximum atomic E-state index is 4.49. The van der Waals surface area contributed by atoms with E-state index in [1.54, 1.807) is 13.2 Å². The van der Waals surface area contributed by atoms with Crippen molar-refractivity contribution in [2.24, 2.45) is 4.99 Å². The summed E-state index contributed by atoms with van der Waals surface area (Å²) in [5, 5.41) is 10.9. The summed E-state index contributed by atoms with van der Waals surface area (Å²) in [6.07, 6.45) is 9.50. The summed E-state index contributed by atoms with van der Waals surface area (Å²) in [6, 6.07) is 12.4. The van der Waals surface area contributed by atoms with Crippen LogP contribution in [0.15, 0.2) is 66.2 Å². The zero-order valence-electron chi connectivity index (χ0n) is 16.2. The van der Waals surface area contributed by atoms with Crippen molar-refractivity contribution in [2.75, 3.05) is 20.1 Å². The number of hydrogen-bond acceptors (Lipinski definition) is 3. The van der Waals surface area contributed by atoms with Gasteiger partial charge in [0, 0.05) is 64.4 Å². The van der Waals surface area contributed by atoms with E-state index in [4.69, 9.17) is 0 Å². The largest absolute Gasteiger partial charge is 0.356 e. The Hall–Kier alpha value is -2.36. The topological polar surface area (TPSA) is 72.1 Å². The van der Waals surface area contributed by atoms with Gasteiger partial charge in [0.1, 0.15) is 5.82 Å². The Morgan fingerprint density at radius 1 is 1.04 bits per heavy atom. The highest BCUT2D eigenvalue weighted by Gasteiger charge is 2.04. The number of aliphatic imine (C=N–C) groups is 1. The third-order valence-corrected chi connectivity index (χ3v) is 4.28. The molecule has 7 nitrogen and oxygen atoms in total. The standard InChI is InChI=1S/C20H27N7.HI/c1-21-20(23-10-5-14-27-15-6-11-25-27)24-12-9-19-22-13-16-26(19)17-18-7-3-2-4-8-18;/h2-4,6-8,11,13,15-16H,5,9-10,12,14,17H2,1H3,(H2,21,23,24);1H. The molecule has 0 saturated carbocycles. The van der Waals surface area contributed by atoms with Gasteiger partial charge in [0.05, 0.1) is 0 Å². The van der Waals surface area contributed by atoms with Crippen LogP contribution in [0.5, 0.6) is 0 Å². The highest BCUT2D eigenvalue weighted by atomic mass is 127. The second kappa shape index (κ2) is 12.2. The Morgan fingerprint density at radius 3 is 2.61 bits per heavy atom. The maximum absolute atomic E-state index is 4.49. The number of benzene rings is 1. The third kappa shape index (κ3) is 6.99. The Labute approximate surface area is 183 Å². The molecule has 0 saturated heterocycles. The van der Waals surface area contributed by atoms with E-state index in [0.29, 0.717) is 0 Å². The normalized spacial score (nSPS) is 11.1. The fourth-order valence-corrected chi connectivity index (χ4v) is 2.89. The number of hydrogen-bond donors (Lipinski definition) is 2. The van der Waals surface area contributed by atoms with Crippen molar-refractivity contribution in [2.45, 2.75) is 25.9 Å². The predicted octanol–water partition coefficient (Wildman–Crippen LogP) is 2.54. The zero-order valence-corrected chi connectivity index (χ0v) is 18.5. The molecule has 0 aliphatic heterocycles. The molecule has 1 aromatic carbocycles. The average Bonchev–Trinajstić information content (AvgIpc) is 3.37. The zero-order chi connectivity index (χ0) is 18.7. The number of halogens is 1. The monoisotopic (exact) mass is 493 g/mol. The van der Waals surface area contributed by atoms with Crippen molar-refractivity contribution < 1.29 is 0 Å². The molecule has 0 aliphatic carbocycles. The molecule has 28 heavy (non-hydrogen) atoms. The second-order valence-corrected chi connectivity index (χ2v) is 6.26. The van der Waals surface area contributed by atoms with Crippen LogP contribution in [-0.2, 0) is 19.5 Å². The molecule has 8 heteroatoms. The molecule has 2 N–H and O–H groups in total. The minimum atomic E-state index is 0. The van der Waals surface area contributed by atoms with Gasteiger partial charge in [-0.15, -0.1) is 24.0 Å². The Balaban J connectivity index is 0.00000280. The second-order valence-electron chi connectivity index (χ2n) is 6.26. The summed E-state index contributed by atoms with van der Waals surface area (Å²) < 4.78 is 4.13. The van der Waals surface area contributed by atoms with E-state index in [0.717, 1.165) is 50.8 Å². The van der Waals surface area contributed by atoms with E-state index in [-0.39, 0.29) is 24.0 Å². The van der Waals surface area contributed by atoms with Crippen LogP contribution in [0.4, 0.5) is 0 Å². The molecule has 0 radical (unpaired) electrons. The molecule has 0 amide bonds. The van der Waals surface area contributed by atoms with Gasteiger partial charge in [0.2, 0.25) is 0 Å². The summed E-state index contributed by atoms with van der Waals surface area (Å²) in [4.78, 5) is 8.77. The van der Waals surface area contributed by atoms with Gasteiger partial charge in [-0.3, -0.25) is 9.67 Å². The molecule has 0 fully saturated rings. The fourth-order valence-electron chi connectivity index (χ4n) is 2.89. The van der Waals surface area contributed by atoms with Gasteiger partial charge < -0.3 is 15.2 Å².